The quantitative estimate of drug-likeness (QED) is 0.585. The van der Waals surface area contributed by atoms with Crippen LogP contribution < -0.4 is 0 Å². The van der Waals surface area contributed by atoms with Gasteiger partial charge in [-0.1, -0.05) is 18.2 Å². The SMILES string of the molecule is O=S(=O)(O)c1cccc2ccc(O)cc12.[NaH].[NaH]. The van der Waals surface area contributed by atoms with E-state index in [2.05, 4.69) is 0 Å². The van der Waals surface area contributed by atoms with Crippen LogP contribution in [0.15, 0.2) is 41.3 Å². The number of benzene rings is 2. The van der Waals surface area contributed by atoms with Crippen molar-refractivity contribution in [3.63, 3.8) is 0 Å². The minimum atomic E-state index is -4.26. The second-order valence-corrected chi connectivity index (χ2v) is 4.53. The Hall–Kier alpha value is 0.410. The Morgan fingerprint density at radius 3 is 2.24 bits per heavy atom. The molecule has 0 aliphatic heterocycles. The van der Waals surface area contributed by atoms with Gasteiger partial charge in [-0.25, -0.2) is 0 Å². The third kappa shape index (κ3) is 3.94. The summed E-state index contributed by atoms with van der Waals surface area (Å²) < 4.78 is 31.0. The molecule has 2 aromatic rings. The van der Waals surface area contributed by atoms with Crippen molar-refractivity contribution in [2.75, 3.05) is 0 Å². The molecule has 2 N–H and O–H groups in total. The van der Waals surface area contributed by atoms with Gasteiger partial charge in [0.05, 0.1) is 0 Å². The number of fused-ring (bicyclic) bond motifs is 1. The molecule has 0 atom stereocenters. The molecule has 0 fully saturated rings. The van der Waals surface area contributed by atoms with Gasteiger partial charge in [0, 0.05) is 5.39 Å². The fourth-order valence-electron chi connectivity index (χ4n) is 1.46. The van der Waals surface area contributed by atoms with Gasteiger partial charge >= 0.3 is 59.1 Å². The third-order valence-corrected chi connectivity index (χ3v) is 3.02. The molecule has 0 radical (unpaired) electrons. The van der Waals surface area contributed by atoms with E-state index >= 15 is 0 Å². The molecule has 2 rings (SSSR count). The van der Waals surface area contributed by atoms with Gasteiger partial charge in [-0.15, -0.1) is 0 Å². The molecule has 0 aliphatic rings. The molecule has 17 heavy (non-hydrogen) atoms. The molecule has 82 valence electrons. The number of aromatic hydroxyl groups is 1. The van der Waals surface area contributed by atoms with Gasteiger partial charge in [-0.2, -0.15) is 8.42 Å². The van der Waals surface area contributed by atoms with Crippen molar-refractivity contribution in [1.29, 1.82) is 0 Å². The Balaban J connectivity index is 0.00000128. The van der Waals surface area contributed by atoms with Gasteiger partial charge in [-0.3, -0.25) is 4.55 Å². The van der Waals surface area contributed by atoms with E-state index in [1.165, 1.54) is 24.3 Å². The second-order valence-electron chi connectivity index (χ2n) is 3.14. The van der Waals surface area contributed by atoms with Gasteiger partial charge in [0.2, 0.25) is 0 Å². The molecular formula is C10H10Na2O4S. The minimum absolute atomic E-state index is 0. The molecule has 0 amide bonds. The molecule has 0 saturated heterocycles. The van der Waals surface area contributed by atoms with Gasteiger partial charge in [-0.05, 0) is 23.6 Å². The molecule has 4 nitrogen and oxygen atoms in total. The standard InChI is InChI=1S/C10H8O4S.2Na.2H/c11-8-5-4-7-2-1-3-10(9(7)6-8)15(12,13)14;;;;/h1-6,11H,(H,12,13,14);;;;. The summed E-state index contributed by atoms with van der Waals surface area (Å²) >= 11 is 0. The van der Waals surface area contributed by atoms with Crippen LogP contribution in [0.4, 0.5) is 0 Å². The summed E-state index contributed by atoms with van der Waals surface area (Å²) in [4.78, 5) is -0.198. The first-order valence-electron chi connectivity index (χ1n) is 4.18. The van der Waals surface area contributed by atoms with Gasteiger partial charge < -0.3 is 5.11 Å². The van der Waals surface area contributed by atoms with E-state index in [1.54, 1.807) is 12.1 Å². The predicted molar refractivity (Wildman–Crippen MR) is 69.7 cm³/mol. The summed E-state index contributed by atoms with van der Waals surface area (Å²) in [5.74, 6) is -0.0430. The molecule has 0 heterocycles. The molecule has 0 spiro atoms. The summed E-state index contributed by atoms with van der Waals surface area (Å²) in [6.07, 6.45) is 0. The number of rotatable bonds is 1. The maximum atomic E-state index is 11.0. The summed E-state index contributed by atoms with van der Waals surface area (Å²) in [6.45, 7) is 0. The van der Waals surface area contributed by atoms with Crippen molar-refractivity contribution in [3.05, 3.63) is 36.4 Å². The van der Waals surface area contributed by atoms with Crippen molar-refractivity contribution >= 4 is 80.0 Å². The topological polar surface area (TPSA) is 74.6 Å². The summed E-state index contributed by atoms with van der Waals surface area (Å²) in [5.41, 5.74) is 0. The van der Waals surface area contributed by atoms with E-state index in [9.17, 15) is 13.5 Å². The molecule has 0 bridgehead atoms. The summed E-state index contributed by atoms with van der Waals surface area (Å²) in [7, 11) is -4.26. The van der Waals surface area contributed by atoms with Crippen LogP contribution in [0.5, 0.6) is 5.75 Å². The van der Waals surface area contributed by atoms with Crippen LogP contribution in [0.25, 0.3) is 10.8 Å². The molecular weight excluding hydrogens is 262 g/mol. The fourth-order valence-corrected chi connectivity index (χ4v) is 2.16. The Bertz CT molecular complexity index is 625. The molecule has 2 aromatic carbocycles. The Kier molecular flexibility index (Phi) is 6.70. The zero-order valence-corrected chi connectivity index (χ0v) is 8.40. The van der Waals surface area contributed by atoms with E-state index in [0.717, 1.165) is 0 Å². The van der Waals surface area contributed by atoms with Crippen LogP contribution in [0.2, 0.25) is 0 Å². The summed E-state index contributed by atoms with van der Waals surface area (Å²) in [5, 5.41) is 10.2. The van der Waals surface area contributed by atoms with Crippen LogP contribution in [-0.4, -0.2) is 77.2 Å². The normalized spacial score (nSPS) is 10.4. The summed E-state index contributed by atoms with van der Waals surface area (Å²) in [6, 6.07) is 8.86. The van der Waals surface area contributed by atoms with E-state index in [4.69, 9.17) is 4.55 Å². The average molecular weight is 272 g/mol. The van der Waals surface area contributed by atoms with E-state index in [0.29, 0.717) is 10.8 Å². The Labute approximate surface area is 143 Å². The predicted octanol–water partition coefficient (Wildman–Crippen LogP) is 0.495. The van der Waals surface area contributed by atoms with Crippen molar-refractivity contribution in [3.8, 4) is 5.75 Å². The van der Waals surface area contributed by atoms with Crippen molar-refractivity contribution < 1.29 is 18.1 Å². The molecule has 0 saturated carbocycles. The van der Waals surface area contributed by atoms with Crippen LogP contribution in [-0.2, 0) is 10.1 Å². The number of phenols is 1. The molecule has 0 aromatic heterocycles. The molecule has 0 aliphatic carbocycles. The van der Waals surface area contributed by atoms with Crippen molar-refractivity contribution in [1.82, 2.24) is 0 Å². The van der Waals surface area contributed by atoms with E-state index < -0.39 is 10.1 Å². The van der Waals surface area contributed by atoms with Crippen molar-refractivity contribution in [2.24, 2.45) is 0 Å². The molecule has 7 heteroatoms. The fraction of sp³-hybridized carbons (Fsp3) is 0. The van der Waals surface area contributed by atoms with Crippen LogP contribution in [0.3, 0.4) is 0 Å². The Morgan fingerprint density at radius 2 is 1.65 bits per heavy atom. The van der Waals surface area contributed by atoms with Crippen molar-refractivity contribution in [2.45, 2.75) is 4.90 Å². The number of hydrogen-bond donors (Lipinski definition) is 2. The first kappa shape index (κ1) is 17.4. The number of phenolic OH excluding ortho intramolecular Hbond substituents is 1. The van der Waals surface area contributed by atoms with Gasteiger partial charge in [0.15, 0.2) is 0 Å². The van der Waals surface area contributed by atoms with Gasteiger partial charge in [0.1, 0.15) is 10.6 Å². The van der Waals surface area contributed by atoms with E-state index in [1.807, 2.05) is 0 Å². The first-order chi connectivity index (χ1) is 6.98. The number of hydrogen-bond acceptors (Lipinski definition) is 3. The second kappa shape index (κ2) is 6.54. The first-order valence-corrected chi connectivity index (χ1v) is 5.62. The molecule has 0 unspecified atom stereocenters. The third-order valence-electron chi connectivity index (χ3n) is 2.10. The van der Waals surface area contributed by atoms with Gasteiger partial charge in [0.25, 0.3) is 10.1 Å². The zero-order chi connectivity index (χ0) is 11.1. The van der Waals surface area contributed by atoms with Crippen LogP contribution in [0, 0.1) is 0 Å². The average Bonchev–Trinajstić information content (AvgIpc) is 2.15. The monoisotopic (exact) mass is 272 g/mol. The van der Waals surface area contributed by atoms with Crippen LogP contribution >= 0.6 is 0 Å². The maximum absolute atomic E-state index is 11.0. The Morgan fingerprint density at radius 1 is 1.00 bits per heavy atom. The van der Waals surface area contributed by atoms with E-state index in [-0.39, 0.29) is 69.8 Å². The van der Waals surface area contributed by atoms with Crippen LogP contribution in [0.1, 0.15) is 0 Å². The zero-order valence-electron chi connectivity index (χ0n) is 7.58.